The Labute approximate surface area is 93.6 Å². The van der Waals surface area contributed by atoms with Crippen LogP contribution in [0.15, 0.2) is 10.6 Å². The number of rotatable bonds is 1. The zero-order chi connectivity index (χ0) is 11.5. The summed E-state index contributed by atoms with van der Waals surface area (Å²) in [5.74, 6) is 0.400. The average molecular weight is 219 g/mol. The molecule has 1 atom stereocenters. The van der Waals surface area contributed by atoms with Crippen molar-refractivity contribution < 1.29 is 9.32 Å². The van der Waals surface area contributed by atoms with Crippen LogP contribution in [0.2, 0.25) is 0 Å². The van der Waals surface area contributed by atoms with Crippen molar-refractivity contribution in [1.82, 2.24) is 10.1 Å². The maximum absolute atomic E-state index is 12.0. The lowest BCUT2D eigenvalue weighted by Gasteiger charge is -2.30. The van der Waals surface area contributed by atoms with Gasteiger partial charge in [-0.2, -0.15) is 5.26 Å². The van der Waals surface area contributed by atoms with Crippen molar-refractivity contribution in [2.75, 3.05) is 6.54 Å². The van der Waals surface area contributed by atoms with Gasteiger partial charge in [0.25, 0.3) is 5.91 Å². The summed E-state index contributed by atoms with van der Waals surface area (Å²) < 4.78 is 4.86. The number of aryl methyl sites for hydroxylation is 1. The highest BCUT2D eigenvalue weighted by molar-refractivity contribution is 5.92. The Morgan fingerprint density at radius 2 is 2.50 bits per heavy atom. The largest absolute Gasteiger partial charge is 0.361 e. The quantitative estimate of drug-likeness (QED) is 0.717. The molecule has 1 aromatic rings. The van der Waals surface area contributed by atoms with Crippen LogP contribution >= 0.6 is 0 Å². The van der Waals surface area contributed by atoms with E-state index in [-0.39, 0.29) is 11.9 Å². The van der Waals surface area contributed by atoms with Crippen molar-refractivity contribution in [1.29, 1.82) is 5.26 Å². The van der Waals surface area contributed by atoms with E-state index in [9.17, 15) is 4.79 Å². The molecule has 0 spiro atoms. The number of nitrogens with zero attached hydrogens (tertiary/aromatic N) is 3. The normalized spacial score (nSPS) is 20.5. The van der Waals surface area contributed by atoms with Crippen molar-refractivity contribution >= 4 is 5.91 Å². The first-order valence-corrected chi connectivity index (χ1v) is 5.36. The lowest BCUT2D eigenvalue weighted by atomic mass is 10.0. The van der Waals surface area contributed by atoms with E-state index >= 15 is 0 Å². The Bertz CT molecular complexity index is 433. The highest BCUT2D eigenvalue weighted by Gasteiger charge is 2.28. The molecular formula is C11H13N3O2. The minimum Gasteiger partial charge on any atom is -0.361 e. The number of hydrogen-bond donors (Lipinski definition) is 0. The number of amides is 1. The zero-order valence-corrected chi connectivity index (χ0v) is 9.14. The number of hydrogen-bond acceptors (Lipinski definition) is 4. The predicted octanol–water partition coefficient (Wildman–Crippen LogP) is 1.50. The molecular weight excluding hydrogens is 206 g/mol. The van der Waals surface area contributed by atoms with Crippen molar-refractivity contribution in [3.8, 4) is 6.07 Å². The van der Waals surface area contributed by atoms with Gasteiger partial charge in [0, 0.05) is 12.6 Å². The Balaban J connectivity index is 2.17. The van der Waals surface area contributed by atoms with Crippen LogP contribution in [0.25, 0.3) is 0 Å². The van der Waals surface area contributed by atoms with E-state index in [4.69, 9.17) is 9.78 Å². The Hall–Kier alpha value is -1.83. The number of nitriles is 1. The van der Waals surface area contributed by atoms with Crippen molar-refractivity contribution in [2.45, 2.75) is 32.2 Å². The van der Waals surface area contributed by atoms with Gasteiger partial charge in [0.1, 0.15) is 11.8 Å². The Morgan fingerprint density at radius 1 is 1.69 bits per heavy atom. The van der Waals surface area contributed by atoms with Crippen molar-refractivity contribution in [2.24, 2.45) is 0 Å². The number of piperidine rings is 1. The summed E-state index contributed by atoms with van der Waals surface area (Å²) in [5, 5.41) is 12.7. The molecule has 0 aromatic carbocycles. The van der Waals surface area contributed by atoms with Gasteiger partial charge in [-0.05, 0) is 26.2 Å². The third-order valence-electron chi connectivity index (χ3n) is 2.76. The third kappa shape index (κ3) is 1.91. The molecule has 0 bridgehead atoms. The molecule has 0 radical (unpaired) electrons. The summed E-state index contributed by atoms with van der Waals surface area (Å²) >= 11 is 0. The van der Waals surface area contributed by atoms with Gasteiger partial charge >= 0.3 is 0 Å². The van der Waals surface area contributed by atoms with Crippen molar-refractivity contribution in [3.05, 3.63) is 17.5 Å². The van der Waals surface area contributed by atoms with Gasteiger partial charge in [-0.3, -0.25) is 4.79 Å². The van der Waals surface area contributed by atoms with Gasteiger partial charge in [-0.15, -0.1) is 0 Å². The summed E-state index contributed by atoms with van der Waals surface area (Å²) in [7, 11) is 0. The summed E-state index contributed by atoms with van der Waals surface area (Å²) in [5.41, 5.74) is 0.291. The van der Waals surface area contributed by atoms with Gasteiger partial charge in [-0.25, -0.2) is 0 Å². The first-order valence-electron chi connectivity index (χ1n) is 5.36. The molecule has 5 nitrogen and oxygen atoms in total. The van der Waals surface area contributed by atoms with E-state index < -0.39 is 0 Å². The molecule has 16 heavy (non-hydrogen) atoms. The van der Waals surface area contributed by atoms with E-state index in [0.29, 0.717) is 18.0 Å². The molecule has 1 aliphatic rings. The molecule has 1 aliphatic heterocycles. The van der Waals surface area contributed by atoms with Crippen LogP contribution in [-0.2, 0) is 0 Å². The molecule has 1 saturated heterocycles. The van der Waals surface area contributed by atoms with E-state index in [2.05, 4.69) is 11.2 Å². The van der Waals surface area contributed by atoms with Crippen molar-refractivity contribution in [3.63, 3.8) is 0 Å². The SMILES string of the molecule is Cc1cc(C(=O)N2CCCCC2C#N)no1. The zero-order valence-electron chi connectivity index (χ0n) is 9.14. The number of likely N-dealkylation sites (tertiary alicyclic amines) is 1. The molecule has 1 unspecified atom stereocenters. The number of carbonyl (C=O) groups excluding carboxylic acids is 1. The highest BCUT2D eigenvalue weighted by atomic mass is 16.5. The van der Waals surface area contributed by atoms with Gasteiger partial charge in [0.2, 0.25) is 0 Å². The lowest BCUT2D eigenvalue weighted by Crippen LogP contribution is -2.43. The molecule has 0 N–H and O–H groups in total. The maximum atomic E-state index is 12.0. The van der Waals surface area contributed by atoms with Crippen LogP contribution in [0.3, 0.4) is 0 Å². The van der Waals surface area contributed by atoms with Crippen LogP contribution in [0.1, 0.15) is 35.5 Å². The summed E-state index contributed by atoms with van der Waals surface area (Å²) in [4.78, 5) is 13.6. The predicted molar refractivity (Wildman–Crippen MR) is 55.5 cm³/mol. The molecule has 2 heterocycles. The summed E-state index contributed by atoms with van der Waals surface area (Å²) in [6.45, 7) is 2.37. The second-order valence-electron chi connectivity index (χ2n) is 3.96. The molecule has 84 valence electrons. The topological polar surface area (TPSA) is 70.1 Å². The Morgan fingerprint density at radius 3 is 3.12 bits per heavy atom. The van der Waals surface area contributed by atoms with Gasteiger partial charge in [0.05, 0.1) is 6.07 Å². The standard InChI is InChI=1S/C11H13N3O2/c1-8-6-10(13-16-8)11(15)14-5-3-2-4-9(14)7-12/h6,9H,2-5H2,1H3. The fourth-order valence-electron chi connectivity index (χ4n) is 1.92. The minimum atomic E-state index is -0.321. The van der Waals surface area contributed by atoms with Crippen LogP contribution in [0.4, 0.5) is 0 Å². The molecule has 1 aromatic heterocycles. The van der Waals surface area contributed by atoms with Crippen LogP contribution in [0.5, 0.6) is 0 Å². The molecule has 1 amide bonds. The smallest absolute Gasteiger partial charge is 0.277 e. The first kappa shape index (κ1) is 10.7. The van der Waals surface area contributed by atoms with Gasteiger partial charge in [-0.1, -0.05) is 5.16 Å². The third-order valence-corrected chi connectivity index (χ3v) is 2.76. The van der Waals surface area contributed by atoms with E-state index in [1.807, 2.05) is 0 Å². The van der Waals surface area contributed by atoms with Crippen LogP contribution < -0.4 is 0 Å². The monoisotopic (exact) mass is 219 g/mol. The second-order valence-corrected chi connectivity index (χ2v) is 3.96. The van der Waals surface area contributed by atoms with Crippen LogP contribution in [0, 0.1) is 18.3 Å². The lowest BCUT2D eigenvalue weighted by molar-refractivity contribution is 0.0660. The molecule has 5 heteroatoms. The molecule has 0 aliphatic carbocycles. The molecule has 2 rings (SSSR count). The second kappa shape index (κ2) is 4.35. The summed E-state index contributed by atoms with van der Waals surface area (Å²) in [6.07, 6.45) is 2.69. The summed E-state index contributed by atoms with van der Waals surface area (Å²) in [6, 6.07) is 3.44. The van der Waals surface area contributed by atoms with Crippen LogP contribution in [-0.4, -0.2) is 28.6 Å². The number of carbonyl (C=O) groups is 1. The fourth-order valence-corrected chi connectivity index (χ4v) is 1.92. The average Bonchev–Trinajstić information content (AvgIpc) is 2.75. The molecule has 0 saturated carbocycles. The van der Waals surface area contributed by atoms with Gasteiger partial charge in [0.15, 0.2) is 5.69 Å². The Kier molecular flexibility index (Phi) is 2.91. The maximum Gasteiger partial charge on any atom is 0.277 e. The fraction of sp³-hybridized carbons (Fsp3) is 0.545. The molecule has 1 fully saturated rings. The first-order chi connectivity index (χ1) is 7.72. The highest BCUT2D eigenvalue weighted by Crippen LogP contribution is 2.19. The van der Waals surface area contributed by atoms with E-state index in [1.54, 1.807) is 17.9 Å². The minimum absolute atomic E-state index is 0.205. The van der Waals surface area contributed by atoms with E-state index in [1.165, 1.54) is 0 Å². The van der Waals surface area contributed by atoms with E-state index in [0.717, 1.165) is 19.3 Å². The van der Waals surface area contributed by atoms with Gasteiger partial charge < -0.3 is 9.42 Å². The number of aromatic nitrogens is 1.